The molecule has 0 aliphatic rings. The van der Waals surface area contributed by atoms with Crippen LogP contribution >= 0.6 is 23.2 Å². The number of amides is 1. The van der Waals surface area contributed by atoms with Gasteiger partial charge in [-0.2, -0.15) is 5.10 Å². The highest BCUT2D eigenvalue weighted by Gasteiger charge is 2.08. The lowest BCUT2D eigenvalue weighted by molar-refractivity contribution is 0.0955. The molecule has 0 saturated carbocycles. The molecule has 1 N–H and O–H groups in total. The summed E-state index contributed by atoms with van der Waals surface area (Å²) < 4.78 is 11.2. The van der Waals surface area contributed by atoms with Gasteiger partial charge in [-0.1, -0.05) is 47.5 Å². The molecular formula is C22H18Cl2N2O3. The van der Waals surface area contributed by atoms with Crippen molar-refractivity contribution in [1.82, 2.24) is 5.43 Å². The highest BCUT2D eigenvalue weighted by atomic mass is 35.5. The standard InChI is InChI=1S/C22H18Cl2N2O3/c1-28-20-10-9-15(11-21(20)29-14-17-5-2-3-8-19(17)24)13-25-26-22(27)16-6-4-7-18(23)12-16/h2-13H,14H2,1H3,(H,26,27)/b25-13-. The molecular weight excluding hydrogens is 411 g/mol. The molecule has 148 valence electrons. The first-order valence-electron chi connectivity index (χ1n) is 8.70. The zero-order valence-corrected chi connectivity index (χ0v) is 17.1. The molecule has 5 nitrogen and oxygen atoms in total. The molecule has 0 atom stereocenters. The van der Waals surface area contributed by atoms with E-state index >= 15 is 0 Å². The lowest BCUT2D eigenvalue weighted by atomic mass is 10.2. The minimum Gasteiger partial charge on any atom is -0.493 e. The number of hydrazone groups is 1. The van der Waals surface area contributed by atoms with Gasteiger partial charge in [-0.15, -0.1) is 0 Å². The summed E-state index contributed by atoms with van der Waals surface area (Å²) in [7, 11) is 1.57. The van der Waals surface area contributed by atoms with Crippen LogP contribution < -0.4 is 14.9 Å². The van der Waals surface area contributed by atoms with Crippen molar-refractivity contribution in [3.05, 3.63) is 93.5 Å². The first-order valence-corrected chi connectivity index (χ1v) is 9.45. The molecule has 0 aromatic heterocycles. The topological polar surface area (TPSA) is 59.9 Å². The van der Waals surface area contributed by atoms with Crippen molar-refractivity contribution in [2.24, 2.45) is 5.10 Å². The summed E-state index contributed by atoms with van der Waals surface area (Å²) in [4.78, 5) is 12.1. The zero-order valence-electron chi connectivity index (χ0n) is 15.6. The molecule has 0 aliphatic heterocycles. The highest BCUT2D eigenvalue weighted by molar-refractivity contribution is 6.31. The van der Waals surface area contributed by atoms with Crippen LogP contribution in [0.25, 0.3) is 0 Å². The van der Waals surface area contributed by atoms with E-state index in [1.165, 1.54) is 6.21 Å². The average molecular weight is 429 g/mol. The maximum Gasteiger partial charge on any atom is 0.271 e. The molecule has 0 unspecified atom stereocenters. The van der Waals surface area contributed by atoms with E-state index in [9.17, 15) is 4.79 Å². The van der Waals surface area contributed by atoms with Crippen LogP contribution in [0.15, 0.2) is 71.8 Å². The number of hydrogen-bond donors (Lipinski definition) is 1. The summed E-state index contributed by atoms with van der Waals surface area (Å²) >= 11 is 12.1. The van der Waals surface area contributed by atoms with Crippen LogP contribution in [0.2, 0.25) is 10.0 Å². The fraction of sp³-hybridized carbons (Fsp3) is 0.0909. The second kappa shape index (κ2) is 9.96. The number of nitrogens with one attached hydrogen (secondary N) is 1. The van der Waals surface area contributed by atoms with Gasteiger partial charge in [-0.25, -0.2) is 5.43 Å². The smallest absolute Gasteiger partial charge is 0.271 e. The second-order valence-electron chi connectivity index (χ2n) is 6.00. The van der Waals surface area contributed by atoms with Gasteiger partial charge < -0.3 is 9.47 Å². The SMILES string of the molecule is COc1ccc(/C=N\NC(=O)c2cccc(Cl)c2)cc1OCc1ccccc1Cl. The fourth-order valence-corrected chi connectivity index (χ4v) is 2.90. The normalized spacial score (nSPS) is 10.7. The van der Waals surface area contributed by atoms with Crippen molar-refractivity contribution in [3.63, 3.8) is 0 Å². The molecule has 0 saturated heterocycles. The Morgan fingerprint density at radius 2 is 1.86 bits per heavy atom. The Morgan fingerprint density at radius 3 is 2.62 bits per heavy atom. The number of ether oxygens (including phenoxy) is 2. The first-order chi connectivity index (χ1) is 14.1. The average Bonchev–Trinajstić information content (AvgIpc) is 2.73. The number of hydrogen-bond acceptors (Lipinski definition) is 4. The van der Waals surface area contributed by atoms with E-state index in [1.807, 2.05) is 24.3 Å². The quantitative estimate of drug-likeness (QED) is 0.407. The van der Waals surface area contributed by atoms with Crippen molar-refractivity contribution in [2.75, 3.05) is 7.11 Å². The highest BCUT2D eigenvalue weighted by Crippen LogP contribution is 2.29. The van der Waals surface area contributed by atoms with E-state index < -0.39 is 0 Å². The van der Waals surface area contributed by atoms with Gasteiger partial charge in [-0.05, 0) is 48.0 Å². The van der Waals surface area contributed by atoms with E-state index in [0.29, 0.717) is 33.7 Å². The minimum atomic E-state index is -0.354. The maximum atomic E-state index is 12.1. The number of rotatable bonds is 7. The molecule has 7 heteroatoms. The van der Waals surface area contributed by atoms with Gasteiger partial charge in [0.1, 0.15) is 6.61 Å². The Kier molecular flexibility index (Phi) is 7.11. The molecule has 0 aliphatic carbocycles. The van der Waals surface area contributed by atoms with Crippen LogP contribution in [-0.2, 0) is 6.61 Å². The lowest BCUT2D eigenvalue weighted by Crippen LogP contribution is -2.17. The Labute approximate surface area is 178 Å². The number of benzene rings is 3. The van der Waals surface area contributed by atoms with Crippen molar-refractivity contribution in [3.8, 4) is 11.5 Å². The van der Waals surface area contributed by atoms with E-state index in [4.69, 9.17) is 32.7 Å². The number of methoxy groups -OCH3 is 1. The number of nitrogens with zero attached hydrogens (tertiary/aromatic N) is 1. The van der Waals surface area contributed by atoms with E-state index in [0.717, 1.165) is 11.1 Å². The van der Waals surface area contributed by atoms with Gasteiger partial charge in [0.2, 0.25) is 0 Å². The fourth-order valence-electron chi connectivity index (χ4n) is 2.52. The van der Waals surface area contributed by atoms with Gasteiger partial charge in [0.15, 0.2) is 11.5 Å². The number of halogens is 2. The van der Waals surface area contributed by atoms with Gasteiger partial charge >= 0.3 is 0 Å². The Hall–Kier alpha value is -3.02. The largest absolute Gasteiger partial charge is 0.493 e. The van der Waals surface area contributed by atoms with Crippen LogP contribution in [-0.4, -0.2) is 19.2 Å². The third-order valence-corrected chi connectivity index (χ3v) is 4.60. The van der Waals surface area contributed by atoms with Crippen molar-refractivity contribution in [2.45, 2.75) is 6.61 Å². The van der Waals surface area contributed by atoms with Gasteiger partial charge in [0.05, 0.1) is 13.3 Å². The van der Waals surface area contributed by atoms with Crippen LogP contribution in [0.1, 0.15) is 21.5 Å². The zero-order chi connectivity index (χ0) is 20.6. The molecule has 0 fully saturated rings. The molecule has 29 heavy (non-hydrogen) atoms. The molecule has 3 aromatic rings. The third kappa shape index (κ3) is 5.73. The Morgan fingerprint density at radius 1 is 1.03 bits per heavy atom. The van der Waals surface area contributed by atoms with Crippen molar-refractivity contribution >= 4 is 35.3 Å². The lowest BCUT2D eigenvalue weighted by Gasteiger charge is -2.12. The van der Waals surface area contributed by atoms with E-state index in [-0.39, 0.29) is 5.91 Å². The summed E-state index contributed by atoms with van der Waals surface area (Å²) in [6.45, 7) is 0.294. The first kappa shape index (κ1) is 20.7. The van der Waals surface area contributed by atoms with E-state index in [1.54, 1.807) is 49.6 Å². The minimum absolute atomic E-state index is 0.294. The van der Waals surface area contributed by atoms with Crippen molar-refractivity contribution < 1.29 is 14.3 Å². The van der Waals surface area contributed by atoms with Crippen LogP contribution in [0.5, 0.6) is 11.5 Å². The molecule has 0 heterocycles. The second-order valence-corrected chi connectivity index (χ2v) is 6.84. The number of carbonyl (C=O) groups excluding carboxylic acids is 1. The van der Waals surface area contributed by atoms with Gasteiger partial charge in [0.25, 0.3) is 5.91 Å². The summed E-state index contributed by atoms with van der Waals surface area (Å²) in [5.74, 6) is 0.766. The van der Waals surface area contributed by atoms with Gasteiger partial charge in [-0.3, -0.25) is 4.79 Å². The predicted molar refractivity (Wildman–Crippen MR) is 115 cm³/mol. The summed E-state index contributed by atoms with van der Waals surface area (Å²) in [6.07, 6.45) is 1.52. The van der Waals surface area contributed by atoms with Crippen LogP contribution in [0.4, 0.5) is 0 Å². The molecule has 3 aromatic carbocycles. The van der Waals surface area contributed by atoms with E-state index in [2.05, 4.69) is 10.5 Å². The Bertz CT molecular complexity index is 1040. The molecule has 0 radical (unpaired) electrons. The van der Waals surface area contributed by atoms with Crippen molar-refractivity contribution in [1.29, 1.82) is 0 Å². The molecule has 0 spiro atoms. The monoisotopic (exact) mass is 428 g/mol. The number of carbonyl (C=O) groups is 1. The molecule has 3 rings (SSSR count). The third-order valence-electron chi connectivity index (χ3n) is 4.00. The maximum absolute atomic E-state index is 12.1. The molecule has 1 amide bonds. The Balaban J connectivity index is 1.68. The van der Waals surface area contributed by atoms with Crippen LogP contribution in [0.3, 0.4) is 0 Å². The summed E-state index contributed by atoms with van der Waals surface area (Å²) in [5, 5.41) is 5.11. The summed E-state index contributed by atoms with van der Waals surface area (Å²) in [5.41, 5.74) is 4.49. The van der Waals surface area contributed by atoms with Gasteiger partial charge in [0, 0.05) is 21.2 Å². The summed E-state index contributed by atoms with van der Waals surface area (Å²) in [6, 6.07) is 19.4. The van der Waals surface area contributed by atoms with Crippen LogP contribution in [0, 0.1) is 0 Å². The predicted octanol–water partition coefficient (Wildman–Crippen LogP) is 5.34. The molecule has 0 bridgehead atoms.